The molecule has 1 aromatic heterocycles. The highest BCUT2D eigenvalue weighted by atomic mass is 35.5. The van der Waals surface area contributed by atoms with Crippen molar-refractivity contribution in [3.05, 3.63) is 34.2 Å². The lowest BCUT2D eigenvalue weighted by molar-refractivity contribution is 0.871. The van der Waals surface area contributed by atoms with Crippen LogP contribution in [0.1, 0.15) is 35.8 Å². The Morgan fingerprint density at radius 3 is 2.67 bits per heavy atom. The fourth-order valence-electron chi connectivity index (χ4n) is 2.01. The quantitative estimate of drug-likeness (QED) is 0.641. The number of aryl methyl sites for hydroxylation is 1. The van der Waals surface area contributed by atoms with E-state index in [4.69, 9.17) is 11.6 Å². The molecule has 2 aromatic rings. The molecule has 0 unspecified atom stereocenters. The van der Waals surface area contributed by atoms with E-state index in [2.05, 4.69) is 39.0 Å². The van der Waals surface area contributed by atoms with Crippen molar-refractivity contribution in [1.82, 2.24) is 0 Å². The second-order valence-electron chi connectivity index (χ2n) is 4.23. The molecule has 1 aromatic carbocycles. The van der Waals surface area contributed by atoms with E-state index in [0.29, 0.717) is 11.8 Å². The standard InChI is InChI=1S/C13H15ClS/c1-8(2)13-10-5-4-9(3)6-11(10)15-12(13)7-14/h4-6,8H,7H2,1-3H3. The molecule has 0 N–H and O–H groups in total. The third-order valence-corrected chi connectivity index (χ3v) is 4.25. The van der Waals surface area contributed by atoms with Crippen LogP contribution in [0.15, 0.2) is 18.2 Å². The normalized spacial score (nSPS) is 11.5. The molecule has 0 nitrogen and oxygen atoms in total. The van der Waals surface area contributed by atoms with Gasteiger partial charge in [-0.15, -0.1) is 22.9 Å². The van der Waals surface area contributed by atoms with Crippen LogP contribution in [-0.4, -0.2) is 0 Å². The monoisotopic (exact) mass is 238 g/mol. The highest BCUT2D eigenvalue weighted by molar-refractivity contribution is 7.19. The number of thiophene rings is 1. The SMILES string of the molecule is Cc1ccc2c(C(C)C)c(CCl)sc2c1. The summed E-state index contributed by atoms with van der Waals surface area (Å²) >= 11 is 7.83. The van der Waals surface area contributed by atoms with E-state index < -0.39 is 0 Å². The van der Waals surface area contributed by atoms with Crippen LogP contribution in [0.3, 0.4) is 0 Å². The zero-order valence-electron chi connectivity index (χ0n) is 9.30. The lowest BCUT2D eigenvalue weighted by atomic mass is 9.99. The molecule has 0 aliphatic rings. The topological polar surface area (TPSA) is 0 Å². The van der Waals surface area contributed by atoms with Gasteiger partial charge in [-0.05, 0) is 35.4 Å². The summed E-state index contributed by atoms with van der Waals surface area (Å²) in [7, 11) is 0. The Hall–Kier alpha value is -0.530. The number of benzene rings is 1. The summed E-state index contributed by atoms with van der Waals surface area (Å²) < 4.78 is 1.37. The van der Waals surface area contributed by atoms with Crippen LogP contribution in [0.4, 0.5) is 0 Å². The van der Waals surface area contributed by atoms with Crippen LogP contribution in [0.2, 0.25) is 0 Å². The molecule has 80 valence electrons. The number of hydrogen-bond donors (Lipinski definition) is 0. The number of fused-ring (bicyclic) bond motifs is 1. The molecule has 0 aliphatic heterocycles. The Morgan fingerprint density at radius 2 is 2.07 bits per heavy atom. The molecule has 0 saturated carbocycles. The van der Waals surface area contributed by atoms with E-state index in [1.165, 1.54) is 26.1 Å². The van der Waals surface area contributed by atoms with Crippen molar-refractivity contribution in [2.75, 3.05) is 0 Å². The van der Waals surface area contributed by atoms with Gasteiger partial charge in [-0.3, -0.25) is 0 Å². The number of halogens is 1. The molecule has 0 bridgehead atoms. The van der Waals surface area contributed by atoms with E-state index in [9.17, 15) is 0 Å². The predicted molar refractivity (Wildman–Crippen MR) is 70.2 cm³/mol. The highest BCUT2D eigenvalue weighted by Gasteiger charge is 2.13. The summed E-state index contributed by atoms with van der Waals surface area (Å²) in [5.74, 6) is 1.18. The Bertz CT molecular complexity index is 482. The summed E-state index contributed by atoms with van der Waals surface area (Å²) in [5, 5.41) is 1.39. The van der Waals surface area contributed by atoms with Crippen molar-refractivity contribution in [2.45, 2.75) is 32.6 Å². The molecule has 0 aliphatic carbocycles. The molecule has 0 fully saturated rings. The predicted octanol–water partition coefficient (Wildman–Crippen LogP) is 5.07. The van der Waals surface area contributed by atoms with Gasteiger partial charge in [0.05, 0.1) is 5.88 Å². The van der Waals surface area contributed by atoms with E-state index in [-0.39, 0.29) is 0 Å². The van der Waals surface area contributed by atoms with Crippen molar-refractivity contribution in [3.8, 4) is 0 Å². The maximum Gasteiger partial charge on any atom is 0.0571 e. The van der Waals surface area contributed by atoms with Crippen LogP contribution >= 0.6 is 22.9 Å². The van der Waals surface area contributed by atoms with Crippen LogP contribution in [0.25, 0.3) is 10.1 Å². The lowest BCUT2D eigenvalue weighted by Crippen LogP contribution is -1.89. The van der Waals surface area contributed by atoms with Gasteiger partial charge >= 0.3 is 0 Å². The van der Waals surface area contributed by atoms with Crippen molar-refractivity contribution >= 4 is 33.0 Å². The molecule has 0 saturated heterocycles. The summed E-state index contributed by atoms with van der Waals surface area (Å²) in [6, 6.07) is 6.66. The average Bonchev–Trinajstić information content (AvgIpc) is 2.54. The third-order valence-electron chi connectivity index (χ3n) is 2.66. The maximum atomic E-state index is 6.00. The molecule has 0 spiro atoms. The minimum atomic E-state index is 0.551. The number of hydrogen-bond acceptors (Lipinski definition) is 1. The van der Waals surface area contributed by atoms with Crippen molar-refractivity contribution in [1.29, 1.82) is 0 Å². The fourth-order valence-corrected chi connectivity index (χ4v) is 3.62. The first-order chi connectivity index (χ1) is 7.13. The molecular formula is C13H15ClS. The summed E-state index contributed by atoms with van der Waals surface area (Å²) in [6.07, 6.45) is 0. The summed E-state index contributed by atoms with van der Waals surface area (Å²) in [6.45, 7) is 6.60. The number of rotatable bonds is 2. The zero-order valence-corrected chi connectivity index (χ0v) is 10.9. The molecule has 0 amide bonds. The van der Waals surface area contributed by atoms with Gasteiger partial charge in [0.25, 0.3) is 0 Å². The van der Waals surface area contributed by atoms with Crippen molar-refractivity contribution in [2.24, 2.45) is 0 Å². The van der Waals surface area contributed by atoms with Gasteiger partial charge in [-0.25, -0.2) is 0 Å². The number of alkyl halides is 1. The van der Waals surface area contributed by atoms with Gasteiger partial charge in [-0.2, -0.15) is 0 Å². The van der Waals surface area contributed by atoms with Gasteiger partial charge in [-0.1, -0.05) is 26.0 Å². The third kappa shape index (κ3) is 1.91. The van der Waals surface area contributed by atoms with Crippen LogP contribution in [0, 0.1) is 6.92 Å². The van der Waals surface area contributed by atoms with Crippen LogP contribution < -0.4 is 0 Å². The van der Waals surface area contributed by atoms with Gasteiger partial charge in [0.2, 0.25) is 0 Å². The lowest BCUT2D eigenvalue weighted by Gasteiger charge is -2.05. The molecule has 15 heavy (non-hydrogen) atoms. The maximum absolute atomic E-state index is 6.00. The smallest absolute Gasteiger partial charge is 0.0571 e. The fraction of sp³-hybridized carbons (Fsp3) is 0.385. The van der Waals surface area contributed by atoms with Crippen LogP contribution in [0.5, 0.6) is 0 Å². The molecule has 2 heteroatoms. The van der Waals surface area contributed by atoms with Gasteiger partial charge in [0.1, 0.15) is 0 Å². The van der Waals surface area contributed by atoms with E-state index in [1.54, 1.807) is 0 Å². The van der Waals surface area contributed by atoms with Gasteiger partial charge in [0, 0.05) is 9.58 Å². The summed E-state index contributed by atoms with van der Waals surface area (Å²) in [5.41, 5.74) is 2.75. The van der Waals surface area contributed by atoms with E-state index in [0.717, 1.165) is 0 Å². The second kappa shape index (κ2) is 4.15. The molecule has 2 rings (SSSR count). The Morgan fingerprint density at radius 1 is 1.33 bits per heavy atom. The van der Waals surface area contributed by atoms with Gasteiger partial charge in [0.15, 0.2) is 0 Å². The first-order valence-electron chi connectivity index (χ1n) is 5.21. The van der Waals surface area contributed by atoms with Crippen molar-refractivity contribution < 1.29 is 0 Å². The minimum absolute atomic E-state index is 0.551. The second-order valence-corrected chi connectivity index (χ2v) is 5.63. The first kappa shape index (κ1) is 11.0. The Balaban J connectivity index is 2.74. The molecular weight excluding hydrogens is 224 g/mol. The Labute approximate surface area is 99.9 Å². The highest BCUT2D eigenvalue weighted by Crippen LogP contribution is 2.37. The summed E-state index contributed by atoms with van der Waals surface area (Å²) in [4.78, 5) is 1.33. The molecule has 0 atom stereocenters. The average molecular weight is 239 g/mol. The minimum Gasteiger partial charge on any atom is -0.139 e. The zero-order chi connectivity index (χ0) is 11.0. The van der Waals surface area contributed by atoms with Crippen molar-refractivity contribution in [3.63, 3.8) is 0 Å². The first-order valence-corrected chi connectivity index (χ1v) is 6.56. The largest absolute Gasteiger partial charge is 0.139 e. The van der Waals surface area contributed by atoms with E-state index in [1.807, 2.05) is 11.3 Å². The molecule has 1 heterocycles. The van der Waals surface area contributed by atoms with Gasteiger partial charge < -0.3 is 0 Å². The van der Waals surface area contributed by atoms with Crippen LogP contribution in [-0.2, 0) is 5.88 Å². The molecule has 0 radical (unpaired) electrons. The Kier molecular flexibility index (Phi) is 3.03. The van der Waals surface area contributed by atoms with E-state index >= 15 is 0 Å².